The molecule has 0 fully saturated rings. The summed E-state index contributed by atoms with van der Waals surface area (Å²) < 4.78 is 0. The summed E-state index contributed by atoms with van der Waals surface area (Å²) in [5.41, 5.74) is 6.14. The zero-order chi connectivity index (χ0) is 3.41. The van der Waals surface area contributed by atoms with E-state index in [1.165, 1.54) is 0 Å². The molecule has 0 saturated heterocycles. The molecule has 0 spiro atoms. The molecule has 0 aromatic heterocycles. The molecule has 2 radical (unpaired) electrons. The molecule has 2 nitrogen and oxygen atoms in total. The summed E-state index contributed by atoms with van der Waals surface area (Å²) in [7, 11) is 0. The van der Waals surface area contributed by atoms with Gasteiger partial charge < -0.3 is 0 Å². The molecule has 0 rings (SSSR count). The quantitative estimate of drug-likeness (QED) is 0.398. The van der Waals surface area contributed by atoms with Crippen LogP contribution in [0.3, 0.4) is 0 Å². The molecule has 24 valence electrons. The lowest BCUT2D eigenvalue weighted by atomic mass is 10.8. The van der Waals surface area contributed by atoms with Crippen molar-refractivity contribution in [3.63, 3.8) is 0 Å². The first kappa shape index (κ1) is 3.92. The molecule has 1 N–H and O–H groups in total. The van der Waals surface area contributed by atoms with Gasteiger partial charge in [-0.3, -0.25) is 5.73 Å². The van der Waals surface area contributed by atoms with Crippen molar-refractivity contribution in [2.45, 2.75) is 0 Å². The molecule has 0 bridgehead atoms. The van der Waals surface area contributed by atoms with Gasteiger partial charge in [0, 0.05) is 6.54 Å². The van der Waals surface area contributed by atoms with Gasteiger partial charge in [0.1, 0.15) is 0 Å². The Balaban J connectivity index is 1.97. The molecule has 0 aromatic carbocycles. The minimum Gasteiger partial charge on any atom is -0.255 e. The van der Waals surface area contributed by atoms with Gasteiger partial charge in [0.05, 0.1) is 6.61 Å². The molecular formula is C2H5NO. The van der Waals surface area contributed by atoms with Gasteiger partial charge in [0.25, 0.3) is 0 Å². The molecule has 0 amide bonds. The maximum atomic E-state index is 9.11. The van der Waals surface area contributed by atoms with Gasteiger partial charge in [-0.15, -0.1) is 0 Å². The first-order valence-corrected chi connectivity index (χ1v) is 1.14. The van der Waals surface area contributed by atoms with Gasteiger partial charge in [0.15, 0.2) is 0 Å². The van der Waals surface area contributed by atoms with E-state index in [2.05, 4.69) is 0 Å². The molecule has 0 aliphatic carbocycles. The fourth-order valence-electron chi connectivity index (χ4n) is 0. The molecule has 4 heavy (non-hydrogen) atoms. The number of hydrogen-bond donors (Lipinski definition) is 0. The number of nitrogens with one attached hydrogen (secondary N) is 1. The summed E-state index contributed by atoms with van der Waals surface area (Å²) in [5.74, 6) is 0. The summed E-state index contributed by atoms with van der Waals surface area (Å²) in [6.07, 6.45) is 0. The van der Waals surface area contributed by atoms with E-state index in [4.69, 9.17) is 10.8 Å². The van der Waals surface area contributed by atoms with Crippen molar-refractivity contribution in [1.29, 1.82) is 0 Å². The summed E-state index contributed by atoms with van der Waals surface area (Å²) in [6.45, 7) is -0.250. The third-order valence-corrected chi connectivity index (χ3v) is 0.102. The molecule has 0 aliphatic heterocycles. The topological polar surface area (TPSA) is 43.7 Å². The summed E-state index contributed by atoms with van der Waals surface area (Å²) in [4.78, 5) is 0. The summed E-state index contributed by atoms with van der Waals surface area (Å²) in [5, 5.41) is 9.11. The van der Waals surface area contributed by atoms with Gasteiger partial charge in [-0.2, -0.15) is 0 Å². The normalized spacial score (nSPS) is 7.50. The SMILES string of the molecule is [NH]CC[O]. The lowest BCUT2D eigenvalue weighted by Gasteiger charge is -1.65. The van der Waals surface area contributed by atoms with Crippen molar-refractivity contribution in [3.8, 4) is 0 Å². The molecule has 0 atom stereocenters. The molecule has 0 heterocycles. The minimum atomic E-state index is -0.264. The van der Waals surface area contributed by atoms with Gasteiger partial charge in [-0.1, -0.05) is 0 Å². The molecule has 0 unspecified atom stereocenters. The molecule has 2 heteroatoms. The van der Waals surface area contributed by atoms with Crippen molar-refractivity contribution in [3.05, 3.63) is 0 Å². The Labute approximate surface area is 25.2 Å². The highest BCUT2D eigenvalue weighted by molar-refractivity contribution is 4.15. The van der Waals surface area contributed by atoms with Crippen LogP contribution in [0.4, 0.5) is 0 Å². The van der Waals surface area contributed by atoms with Crippen LogP contribution in [0, 0.1) is 0 Å². The van der Waals surface area contributed by atoms with Crippen LogP contribution < -0.4 is 5.73 Å². The summed E-state index contributed by atoms with van der Waals surface area (Å²) in [6, 6.07) is 0. The van der Waals surface area contributed by atoms with Crippen molar-refractivity contribution in [1.82, 2.24) is 5.73 Å². The number of rotatable bonds is 1. The summed E-state index contributed by atoms with van der Waals surface area (Å²) >= 11 is 0. The van der Waals surface area contributed by atoms with E-state index < -0.39 is 0 Å². The Bertz CT molecular complexity index is 8.00. The third-order valence-electron chi connectivity index (χ3n) is 0.102. The van der Waals surface area contributed by atoms with Crippen LogP contribution in [-0.2, 0) is 5.11 Å². The average Bonchev–Trinajstić information content (AvgIpc) is 1.37. The Morgan fingerprint density at radius 2 is 2.00 bits per heavy atom. The Morgan fingerprint density at radius 1 is 1.75 bits per heavy atom. The second-order valence-corrected chi connectivity index (χ2v) is 0.454. The monoisotopic (exact) mass is 59.0 g/mol. The Hall–Kier alpha value is -0.0800. The predicted octanol–water partition coefficient (Wildman–Crippen LogP) is -0.300. The van der Waals surface area contributed by atoms with E-state index in [-0.39, 0.29) is 13.2 Å². The molecule has 0 aromatic rings. The largest absolute Gasteiger partial charge is 0.255 e. The lowest BCUT2D eigenvalue weighted by Crippen LogP contribution is -1.86. The first-order valence-electron chi connectivity index (χ1n) is 1.14. The van der Waals surface area contributed by atoms with Crippen LogP contribution >= 0.6 is 0 Å². The van der Waals surface area contributed by atoms with Crippen LogP contribution in [0.5, 0.6) is 0 Å². The maximum Gasteiger partial charge on any atom is 0.0960 e. The molecule has 0 aliphatic rings. The number of hydrogen-bond acceptors (Lipinski definition) is 0. The average molecular weight is 59.1 g/mol. The van der Waals surface area contributed by atoms with Crippen LogP contribution in [-0.4, -0.2) is 13.2 Å². The van der Waals surface area contributed by atoms with Crippen LogP contribution in [0.1, 0.15) is 0 Å². The molecule has 0 saturated carbocycles. The second-order valence-electron chi connectivity index (χ2n) is 0.454. The Morgan fingerprint density at radius 3 is 2.00 bits per heavy atom. The van der Waals surface area contributed by atoms with Crippen molar-refractivity contribution < 1.29 is 5.11 Å². The minimum absolute atomic E-state index is 0.0139. The van der Waals surface area contributed by atoms with Crippen molar-refractivity contribution in [2.24, 2.45) is 0 Å². The van der Waals surface area contributed by atoms with Crippen molar-refractivity contribution >= 4 is 0 Å². The van der Waals surface area contributed by atoms with E-state index >= 15 is 0 Å². The fourth-order valence-corrected chi connectivity index (χ4v) is 0. The fraction of sp³-hybridized carbons (Fsp3) is 1.00. The first-order chi connectivity index (χ1) is 1.91. The highest BCUT2D eigenvalue weighted by Gasteiger charge is 1.61. The van der Waals surface area contributed by atoms with Gasteiger partial charge in [-0.05, 0) is 0 Å². The van der Waals surface area contributed by atoms with Crippen molar-refractivity contribution in [2.75, 3.05) is 13.2 Å². The predicted molar refractivity (Wildman–Crippen MR) is 13.5 cm³/mol. The van der Waals surface area contributed by atoms with E-state index in [1.54, 1.807) is 0 Å². The smallest absolute Gasteiger partial charge is 0.0960 e. The van der Waals surface area contributed by atoms with E-state index in [1.807, 2.05) is 0 Å². The van der Waals surface area contributed by atoms with E-state index in [0.717, 1.165) is 0 Å². The van der Waals surface area contributed by atoms with Crippen LogP contribution in [0.25, 0.3) is 0 Å². The van der Waals surface area contributed by atoms with Gasteiger partial charge in [-0.25, -0.2) is 5.11 Å². The highest BCUT2D eigenvalue weighted by atomic mass is 16.3. The zero-order valence-corrected chi connectivity index (χ0v) is 2.32. The van der Waals surface area contributed by atoms with E-state index in [0.29, 0.717) is 0 Å². The Kier molecular flexibility index (Phi) is 2.86. The maximum absolute atomic E-state index is 9.11. The van der Waals surface area contributed by atoms with E-state index in [9.17, 15) is 0 Å². The highest BCUT2D eigenvalue weighted by Crippen LogP contribution is 1.40. The molecular weight excluding hydrogens is 54.0 g/mol. The van der Waals surface area contributed by atoms with Crippen LogP contribution in [0.2, 0.25) is 0 Å². The standard InChI is InChI=1S/C2H5NO/c3-1-2-4/h3H,1-2H2. The third kappa shape index (κ3) is 1.92. The second kappa shape index (κ2) is 2.92. The van der Waals surface area contributed by atoms with Gasteiger partial charge in [0.2, 0.25) is 0 Å². The lowest BCUT2D eigenvalue weighted by molar-refractivity contribution is 0.201. The van der Waals surface area contributed by atoms with Crippen LogP contribution in [0.15, 0.2) is 0 Å². The zero-order valence-electron chi connectivity index (χ0n) is 2.32. The van der Waals surface area contributed by atoms with Gasteiger partial charge >= 0.3 is 0 Å².